The number of aromatic nitrogens is 4. The molecule has 0 saturated carbocycles. The summed E-state index contributed by atoms with van der Waals surface area (Å²) >= 11 is 0. The molecule has 0 amide bonds. The fourth-order valence-corrected chi connectivity index (χ4v) is 1.72. The smallest absolute Gasteiger partial charge is 0.164 e. The summed E-state index contributed by atoms with van der Waals surface area (Å²) in [4.78, 5) is 16.6. The van der Waals surface area contributed by atoms with E-state index in [0.29, 0.717) is 12.2 Å². The number of anilines is 1. The third-order valence-electron chi connectivity index (χ3n) is 2.59. The van der Waals surface area contributed by atoms with Gasteiger partial charge in [0.15, 0.2) is 5.65 Å². The van der Waals surface area contributed by atoms with Gasteiger partial charge in [0, 0.05) is 25.1 Å². The molecule has 88 valence electrons. The molecule has 0 aromatic carbocycles. The van der Waals surface area contributed by atoms with E-state index in [0.717, 1.165) is 16.8 Å². The summed E-state index contributed by atoms with van der Waals surface area (Å²) in [5.41, 5.74) is 1.80. The van der Waals surface area contributed by atoms with Gasteiger partial charge in [-0.1, -0.05) is 6.07 Å². The van der Waals surface area contributed by atoms with E-state index in [1.54, 1.807) is 12.4 Å². The number of rotatable bonds is 3. The Kier molecular flexibility index (Phi) is 2.79. The minimum atomic E-state index is 0.675. The first-order chi connectivity index (χ1) is 8.93. The topological polar surface area (TPSA) is 63.6 Å². The predicted octanol–water partition coefficient (Wildman–Crippen LogP) is 2.03. The molecule has 0 aliphatic carbocycles. The van der Waals surface area contributed by atoms with E-state index < -0.39 is 0 Å². The second-order valence-corrected chi connectivity index (χ2v) is 3.81. The first-order valence-electron chi connectivity index (χ1n) is 5.62. The molecule has 0 unspecified atom stereocenters. The number of pyridine rings is 2. The van der Waals surface area contributed by atoms with Gasteiger partial charge in [-0.25, -0.2) is 15.0 Å². The Bertz CT molecular complexity index is 648. The Hall–Kier alpha value is -2.56. The van der Waals surface area contributed by atoms with Crippen LogP contribution in [0.25, 0.3) is 11.0 Å². The zero-order valence-electron chi connectivity index (χ0n) is 9.61. The van der Waals surface area contributed by atoms with Gasteiger partial charge in [0.2, 0.25) is 0 Å². The Morgan fingerprint density at radius 2 is 1.94 bits per heavy atom. The van der Waals surface area contributed by atoms with E-state index in [1.807, 2.05) is 30.5 Å². The Morgan fingerprint density at radius 1 is 1.00 bits per heavy atom. The predicted molar refractivity (Wildman–Crippen MR) is 68.9 cm³/mol. The van der Waals surface area contributed by atoms with Gasteiger partial charge < -0.3 is 5.32 Å². The van der Waals surface area contributed by atoms with Crippen LogP contribution in [0, 0.1) is 0 Å². The molecule has 0 atom stereocenters. The summed E-state index contributed by atoms with van der Waals surface area (Å²) in [6.07, 6.45) is 6.82. The second-order valence-electron chi connectivity index (χ2n) is 3.81. The number of nitrogens with zero attached hydrogens (tertiary/aromatic N) is 4. The second kappa shape index (κ2) is 4.75. The molecule has 3 aromatic heterocycles. The van der Waals surface area contributed by atoms with Gasteiger partial charge in [-0.3, -0.25) is 4.98 Å². The molecule has 5 nitrogen and oxygen atoms in total. The highest BCUT2D eigenvalue weighted by molar-refractivity contribution is 5.85. The molecule has 3 rings (SSSR count). The Balaban J connectivity index is 1.87. The van der Waals surface area contributed by atoms with Crippen molar-refractivity contribution in [3.05, 3.63) is 54.7 Å². The average molecular weight is 237 g/mol. The van der Waals surface area contributed by atoms with Crippen LogP contribution in [-0.2, 0) is 6.54 Å². The van der Waals surface area contributed by atoms with Crippen molar-refractivity contribution in [1.82, 2.24) is 19.9 Å². The van der Waals surface area contributed by atoms with E-state index in [-0.39, 0.29) is 0 Å². The zero-order valence-corrected chi connectivity index (χ0v) is 9.61. The zero-order chi connectivity index (χ0) is 12.2. The van der Waals surface area contributed by atoms with Crippen molar-refractivity contribution >= 4 is 16.9 Å². The number of nitrogens with one attached hydrogen (secondary N) is 1. The van der Waals surface area contributed by atoms with Gasteiger partial charge in [-0.05, 0) is 23.8 Å². The normalized spacial score (nSPS) is 10.4. The van der Waals surface area contributed by atoms with Gasteiger partial charge in [-0.15, -0.1) is 0 Å². The molecule has 0 aliphatic heterocycles. The fourth-order valence-electron chi connectivity index (χ4n) is 1.72. The molecule has 0 radical (unpaired) electrons. The van der Waals surface area contributed by atoms with Gasteiger partial charge in [0.1, 0.15) is 12.1 Å². The molecule has 1 N–H and O–H groups in total. The van der Waals surface area contributed by atoms with Crippen LogP contribution in [-0.4, -0.2) is 19.9 Å². The largest absolute Gasteiger partial charge is 0.365 e. The van der Waals surface area contributed by atoms with Crippen molar-refractivity contribution in [3.8, 4) is 0 Å². The molecule has 3 heterocycles. The van der Waals surface area contributed by atoms with Crippen molar-refractivity contribution in [3.63, 3.8) is 0 Å². The van der Waals surface area contributed by atoms with Crippen LogP contribution >= 0.6 is 0 Å². The fraction of sp³-hybridized carbons (Fsp3) is 0.0769. The molecule has 3 aromatic rings. The van der Waals surface area contributed by atoms with Crippen molar-refractivity contribution in [2.24, 2.45) is 0 Å². The van der Waals surface area contributed by atoms with Crippen molar-refractivity contribution in [2.75, 3.05) is 5.32 Å². The van der Waals surface area contributed by atoms with Crippen LogP contribution in [0.3, 0.4) is 0 Å². The van der Waals surface area contributed by atoms with Crippen LogP contribution in [0.15, 0.2) is 49.2 Å². The van der Waals surface area contributed by atoms with E-state index in [1.165, 1.54) is 6.33 Å². The van der Waals surface area contributed by atoms with Crippen LogP contribution < -0.4 is 5.32 Å². The Morgan fingerprint density at radius 3 is 2.83 bits per heavy atom. The van der Waals surface area contributed by atoms with Crippen molar-refractivity contribution < 1.29 is 0 Å². The highest BCUT2D eigenvalue weighted by Crippen LogP contribution is 2.16. The van der Waals surface area contributed by atoms with Crippen LogP contribution in [0.5, 0.6) is 0 Å². The molecule has 0 bridgehead atoms. The van der Waals surface area contributed by atoms with E-state index in [2.05, 4.69) is 25.3 Å². The Labute approximate surface area is 104 Å². The summed E-state index contributed by atoms with van der Waals surface area (Å²) in [5.74, 6) is 0.789. The monoisotopic (exact) mass is 237 g/mol. The molecular weight excluding hydrogens is 226 g/mol. The number of fused-ring (bicyclic) bond motifs is 1. The number of hydrogen-bond donors (Lipinski definition) is 1. The minimum absolute atomic E-state index is 0.675. The van der Waals surface area contributed by atoms with Crippen molar-refractivity contribution in [1.29, 1.82) is 0 Å². The lowest BCUT2D eigenvalue weighted by Gasteiger charge is -2.07. The van der Waals surface area contributed by atoms with Crippen LogP contribution in [0.4, 0.5) is 5.82 Å². The molecule has 0 spiro atoms. The molecule has 0 saturated heterocycles. The lowest BCUT2D eigenvalue weighted by molar-refractivity contribution is 1.08. The van der Waals surface area contributed by atoms with Gasteiger partial charge >= 0.3 is 0 Å². The summed E-state index contributed by atoms with van der Waals surface area (Å²) in [6.45, 7) is 0.675. The summed E-state index contributed by atoms with van der Waals surface area (Å²) < 4.78 is 0. The summed E-state index contributed by atoms with van der Waals surface area (Å²) in [5, 5.41) is 4.19. The van der Waals surface area contributed by atoms with Crippen LogP contribution in [0.1, 0.15) is 5.56 Å². The maximum absolute atomic E-state index is 4.24. The first kappa shape index (κ1) is 10.6. The average Bonchev–Trinajstić information content (AvgIpc) is 2.46. The van der Waals surface area contributed by atoms with E-state index >= 15 is 0 Å². The molecule has 0 aliphatic rings. The lowest BCUT2D eigenvalue weighted by atomic mass is 10.2. The maximum atomic E-state index is 4.24. The van der Waals surface area contributed by atoms with E-state index in [9.17, 15) is 0 Å². The molecule has 5 heteroatoms. The van der Waals surface area contributed by atoms with Crippen LogP contribution in [0.2, 0.25) is 0 Å². The highest BCUT2D eigenvalue weighted by Gasteiger charge is 2.03. The lowest BCUT2D eigenvalue weighted by Crippen LogP contribution is -2.03. The highest BCUT2D eigenvalue weighted by atomic mass is 15.0. The quantitative estimate of drug-likeness (QED) is 0.755. The summed E-state index contributed by atoms with van der Waals surface area (Å²) in [6, 6.07) is 7.76. The maximum Gasteiger partial charge on any atom is 0.164 e. The third-order valence-corrected chi connectivity index (χ3v) is 2.59. The molecular formula is C13H11N5. The van der Waals surface area contributed by atoms with Gasteiger partial charge in [0.05, 0.1) is 5.39 Å². The van der Waals surface area contributed by atoms with Gasteiger partial charge in [0.25, 0.3) is 0 Å². The third kappa shape index (κ3) is 2.10. The minimum Gasteiger partial charge on any atom is -0.365 e. The standard InChI is InChI=1S/C13H11N5/c1-3-10(7-14-5-1)8-16-13-11-4-2-6-15-12(11)17-9-18-13/h1-7,9H,8H2,(H,15,16,17,18). The summed E-state index contributed by atoms with van der Waals surface area (Å²) in [7, 11) is 0. The van der Waals surface area contributed by atoms with Gasteiger partial charge in [-0.2, -0.15) is 0 Å². The first-order valence-corrected chi connectivity index (χ1v) is 5.62. The molecule has 18 heavy (non-hydrogen) atoms. The molecule has 0 fully saturated rings. The SMILES string of the molecule is c1cncc(CNc2ncnc3ncccc23)c1. The number of hydrogen-bond acceptors (Lipinski definition) is 5. The van der Waals surface area contributed by atoms with E-state index in [4.69, 9.17) is 0 Å². The van der Waals surface area contributed by atoms with Crippen molar-refractivity contribution in [2.45, 2.75) is 6.54 Å².